The molecular formula is C16H25N. The molecule has 2 rings (SSSR count). The molecule has 0 saturated heterocycles. The van der Waals surface area contributed by atoms with Crippen molar-refractivity contribution in [2.45, 2.75) is 57.9 Å². The molecule has 1 aromatic carbocycles. The van der Waals surface area contributed by atoms with Gasteiger partial charge < -0.3 is 5.73 Å². The minimum Gasteiger partial charge on any atom is -0.328 e. The van der Waals surface area contributed by atoms with Crippen molar-refractivity contribution in [2.24, 2.45) is 11.7 Å². The van der Waals surface area contributed by atoms with Crippen molar-refractivity contribution < 1.29 is 0 Å². The molecule has 1 nitrogen and oxygen atoms in total. The van der Waals surface area contributed by atoms with Crippen LogP contribution in [0, 0.1) is 5.92 Å². The number of hydrogen-bond acceptors (Lipinski definition) is 1. The molecule has 1 saturated carbocycles. The number of rotatable bonds is 3. The van der Waals surface area contributed by atoms with E-state index in [-0.39, 0.29) is 6.04 Å². The molecular weight excluding hydrogens is 206 g/mol. The van der Waals surface area contributed by atoms with Crippen molar-refractivity contribution in [3.8, 4) is 0 Å². The highest BCUT2D eigenvalue weighted by atomic mass is 14.6. The molecule has 1 aliphatic rings. The Hall–Kier alpha value is -0.820. The van der Waals surface area contributed by atoms with E-state index in [2.05, 4.69) is 38.1 Å². The van der Waals surface area contributed by atoms with Crippen LogP contribution in [0.2, 0.25) is 0 Å². The predicted octanol–water partition coefficient (Wildman–Crippen LogP) is 3.87. The minimum absolute atomic E-state index is 0.261. The van der Waals surface area contributed by atoms with E-state index in [0.29, 0.717) is 0 Å². The van der Waals surface area contributed by atoms with Gasteiger partial charge in [0.15, 0.2) is 0 Å². The lowest BCUT2D eigenvalue weighted by Gasteiger charge is -2.26. The average Bonchev–Trinajstić information content (AvgIpc) is 2.30. The Bertz CT molecular complexity index is 331. The summed E-state index contributed by atoms with van der Waals surface area (Å²) >= 11 is 0. The molecule has 0 heterocycles. The zero-order valence-electron chi connectivity index (χ0n) is 11.2. The van der Waals surface area contributed by atoms with Crippen LogP contribution >= 0.6 is 0 Å². The zero-order chi connectivity index (χ0) is 12.3. The smallest absolute Gasteiger partial charge is 0.00509 e. The second-order valence-corrected chi connectivity index (χ2v) is 5.88. The topological polar surface area (TPSA) is 26.0 Å². The van der Waals surface area contributed by atoms with Gasteiger partial charge in [-0.15, -0.1) is 0 Å². The van der Waals surface area contributed by atoms with Crippen LogP contribution in [-0.4, -0.2) is 6.04 Å². The molecule has 2 N–H and O–H groups in total. The van der Waals surface area contributed by atoms with Crippen molar-refractivity contribution in [2.75, 3.05) is 0 Å². The van der Waals surface area contributed by atoms with Gasteiger partial charge in [0.1, 0.15) is 0 Å². The first-order valence-electron chi connectivity index (χ1n) is 6.99. The maximum Gasteiger partial charge on any atom is 0.00509 e. The monoisotopic (exact) mass is 231 g/mol. The standard InChI is InChI=1S/C16H25N/c1-12-3-7-15(8-4-12)16-9-5-14(6-10-16)11-13(2)17/h5-6,9-10,12-13,15H,3-4,7-8,11,17H2,1-2H3. The Labute approximate surface area is 105 Å². The van der Waals surface area contributed by atoms with Gasteiger partial charge in [0.25, 0.3) is 0 Å². The highest BCUT2D eigenvalue weighted by Gasteiger charge is 2.19. The summed E-state index contributed by atoms with van der Waals surface area (Å²) in [7, 11) is 0. The lowest BCUT2D eigenvalue weighted by Crippen LogP contribution is -2.17. The summed E-state index contributed by atoms with van der Waals surface area (Å²) in [6.07, 6.45) is 6.52. The van der Waals surface area contributed by atoms with Crippen LogP contribution in [-0.2, 0) is 6.42 Å². The van der Waals surface area contributed by atoms with E-state index >= 15 is 0 Å². The highest BCUT2D eigenvalue weighted by molar-refractivity contribution is 5.26. The van der Waals surface area contributed by atoms with Crippen LogP contribution in [0.3, 0.4) is 0 Å². The van der Waals surface area contributed by atoms with Crippen molar-refractivity contribution >= 4 is 0 Å². The SMILES string of the molecule is CC(N)Cc1ccc(C2CCC(C)CC2)cc1. The van der Waals surface area contributed by atoms with Crippen molar-refractivity contribution in [1.82, 2.24) is 0 Å². The summed E-state index contributed by atoms with van der Waals surface area (Å²) in [6.45, 7) is 4.44. The van der Waals surface area contributed by atoms with Crippen LogP contribution in [0.1, 0.15) is 56.6 Å². The van der Waals surface area contributed by atoms with E-state index in [1.54, 1.807) is 0 Å². The maximum atomic E-state index is 5.82. The predicted molar refractivity (Wildman–Crippen MR) is 74.2 cm³/mol. The van der Waals surface area contributed by atoms with Gasteiger partial charge in [-0.3, -0.25) is 0 Å². The van der Waals surface area contributed by atoms with E-state index in [9.17, 15) is 0 Å². The molecule has 1 aliphatic carbocycles. The molecule has 1 fully saturated rings. The van der Waals surface area contributed by atoms with Gasteiger partial charge >= 0.3 is 0 Å². The fourth-order valence-corrected chi connectivity index (χ4v) is 2.89. The largest absolute Gasteiger partial charge is 0.328 e. The summed E-state index contributed by atoms with van der Waals surface area (Å²) in [5.41, 5.74) is 8.72. The number of nitrogens with two attached hydrogens (primary N) is 1. The van der Waals surface area contributed by atoms with Gasteiger partial charge in [-0.05, 0) is 49.1 Å². The van der Waals surface area contributed by atoms with Crippen LogP contribution in [0.25, 0.3) is 0 Å². The Morgan fingerprint density at radius 3 is 2.24 bits per heavy atom. The lowest BCUT2D eigenvalue weighted by molar-refractivity contribution is 0.348. The minimum atomic E-state index is 0.261. The summed E-state index contributed by atoms with van der Waals surface area (Å²) in [4.78, 5) is 0. The Morgan fingerprint density at radius 1 is 1.12 bits per heavy atom. The quantitative estimate of drug-likeness (QED) is 0.839. The van der Waals surface area contributed by atoms with Gasteiger partial charge in [0, 0.05) is 6.04 Å². The molecule has 1 unspecified atom stereocenters. The third-order valence-corrected chi connectivity index (χ3v) is 4.02. The van der Waals surface area contributed by atoms with Crippen LogP contribution in [0.5, 0.6) is 0 Å². The Kier molecular flexibility index (Phi) is 4.22. The molecule has 0 radical (unpaired) electrons. The Morgan fingerprint density at radius 2 is 1.71 bits per heavy atom. The zero-order valence-corrected chi connectivity index (χ0v) is 11.2. The van der Waals surface area contributed by atoms with Gasteiger partial charge in [-0.2, -0.15) is 0 Å². The van der Waals surface area contributed by atoms with Gasteiger partial charge in [0.05, 0.1) is 0 Å². The summed E-state index contributed by atoms with van der Waals surface area (Å²) in [5, 5.41) is 0. The first kappa shape index (κ1) is 12.6. The average molecular weight is 231 g/mol. The highest BCUT2D eigenvalue weighted by Crippen LogP contribution is 2.35. The molecule has 0 amide bonds. The molecule has 17 heavy (non-hydrogen) atoms. The van der Waals surface area contributed by atoms with Gasteiger partial charge in [-0.1, -0.05) is 44.0 Å². The first-order chi connectivity index (χ1) is 8.15. The summed E-state index contributed by atoms with van der Waals surface area (Å²) < 4.78 is 0. The molecule has 0 spiro atoms. The second-order valence-electron chi connectivity index (χ2n) is 5.88. The normalized spacial score (nSPS) is 26.8. The van der Waals surface area contributed by atoms with E-state index in [0.717, 1.165) is 18.3 Å². The number of benzene rings is 1. The first-order valence-corrected chi connectivity index (χ1v) is 6.99. The van der Waals surface area contributed by atoms with E-state index < -0.39 is 0 Å². The summed E-state index contributed by atoms with van der Waals surface area (Å²) in [6, 6.07) is 9.42. The van der Waals surface area contributed by atoms with Crippen molar-refractivity contribution in [3.63, 3.8) is 0 Å². The molecule has 1 aromatic rings. The molecule has 0 aliphatic heterocycles. The second kappa shape index (κ2) is 5.68. The third kappa shape index (κ3) is 3.57. The Balaban J connectivity index is 1.97. The van der Waals surface area contributed by atoms with E-state index in [1.165, 1.54) is 36.8 Å². The molecule has 0 bridgehead atoms. The maximum absolute atomic E-state index is 5.82. The van der Waals surface area contributed by atoms with Crippen molar-refractivity contribution in [3.05, 3.63) is 35.4 Å². The fraction of sp³-hybridized carbons (Fsp3) is 0.625. The van der Waals surface area contributed by atoms with Crippen LogP contribution in [0.4, 0.5) is 0 Å². The van der Waals surface area contributed by atoms with Crippen LogP contribution in [0.15, 0.2) is 24.3 Å². The molecule has 1 atom stereocenters. The van der Waals surface area contributed by atoms with Gasteiger partial charge in [-0.25, -0.2) is 0 Å². The van der Waals surface area contributed by atoms with Crippen LogP contribution < -0.4 is 5.73 Å². The lowest BCUT2D eigenvalue weighted by atomic mass is 9.79. The van der Waals surface area contributed by atoms with E-state index in [4.69, 9.17) is 5.73 Å². The molecule has 1 heteroatoms. The third-order valence-electron chi connectivity index (χ3n) is 4.02. The van der Waals surface area contributed by atoms with Gasteiger partial charge in [0.2, 0.25) is 0 Å². The van der Waals surface area contributed by atoms with E-state index in [1.807, 2.05) is 0 Å². The molecule has 94 valence electrons. The molecule has 0 aromatic heterocycles. The fourth-order valence-electron chi connectivity index (χ4n) is 2.89. The number of hydrogen-bond donors (Lipinski definition) is 1. The van der Waals surface area contributed by atoms with Crippen molar-refractivity contribution in [1.29, 1.82) is 0 Å². The summed E-state index contributed by atoms with van der Waals surface area (Å²) in [5.74, 6) is 1.74.